The van der Waals surface area contributed by atoms with Crippen LogP contribution in [0.3, 0.4) is 0 Å². The van der Waals surface area contributed by atoms with Crippen LogP contribution in [-0.2, 0) is 16.0 Å². The van der Waals surface area contributed by atoms with Gasteiger partial charge < -0.3 is 9.30 Å². The third-order valence-electron chi connectivity index (χ3n) is 5.16. The molecule has 1 aromatic carbocycles. The Morgan fingerprint density at radius 2 is 1.86 bits per heavy atom. The highest BCUT2D eigenvalue weighted by molar-refractivity contribution is 8.18. The fraction of sp³-hybridized carbons (Fsp3) is 0.391. The summed E-state index contributed by atoms with van der Waals surface area (Å²) in [6, 6.07) is 10.7. The van der Waals surface area contributed by atoms with Crippen LogP contribution in [0.5, 0.6) is 0 Å². The number of unbranched alkanes of at least 4 members (excludes halogenated alkanes) is 1. The number of carbonyl (C=O) groups excluding carboxylic acids is 2. The van der Waals surface area contributed by atoms with Crippen LogP contribution in [-0.4, -0.2) is 40.9 Å². The number of imide groups is 1. The first-order valence-corrected chi connectivity index (χ1v) is 10.8. The molecule has 1 aromatic heterocycles. The highest BCUT2D eigenvalue weighted by Gasteiger charge is 2.34. The predicted molar refractivity (Wildman–Crippen MR) is 118 cm³/mol. The van der Waals surface area contributed by atoms with Crippen molar-refractivity contribution < 1.29 is 14.3 Å². The molecule has 0 N–H and O–H groups in total. The highest BCUT2D eigenvalue weighted by Crippen LogP contribution is 2.33. The highest BCUT2D eigenvalue weighted by atomic mass is 32.2. The molecule has 0 spiro atoms. The lowest BCUT2D eigenvalue weighted by Gasteiger charge is -2.11. The number of thioether (sulfide) groups is 1. The van der Waals surface area contributed by atoms with Gasteiger partial charge in [-0.05, 0) is 73.9 Å². The van der Waals surface area contributed by atoms with Gasteiger partial charge in [0.15, 0.2) is 0 Å². The maximum Gasteiger partial charge on any atom is 0.293 e. The lowest BCUT2D eigenvalue weighted by Crippen LogP contribution is -2.31. The van der Waals surface area contributed by atoms with Gasteiger partial charge in [-0.25, -0.2) is 0 Å². The molecule has 6 heteroatoms. The Bertz CT molecular complexity index is 928. The Hall–Kier alpha value is -2.31. The zero-order valence-corrected chi connectivity index (χ0v) is 18.3. The Morgan fingerprint density at radius 1 is 1.14 bits per heavy atom. The van der Waals surface area contributed by atoms with Gasteiger partial charge in [0, 0.05) is 24.2 Å². The minimum Gasteiger partial charge on any atom is -0.383 e. The minimum atomic E-state index is -0.248. The molecule has 1 aliphatic rings. The molecule has 5 nitrogen and oxygen atoms in total. The summed E-state index contributed by atoms with van der Waals surface area (Å²) in [5.74, 6) is -0.248. The fourth-order valence-electron chi connectivity index (χ4n) is 3.54. The number of methoxy groups -OCH3 is 1. The molecule has 0 saturated carbocycles. The molecule has 0 unspecified atom stereocenters. The van der Waals surface area contributed by atoms with Gasteiger partial charge in [-0.2, -0.15) is 0 Å². The zero-order valence-electron chi connectivity index (χ0n) is 17.5. The van der Waals surface area contributed by atoms with E-state index in [2.05, 4.69) is 48.7 Å². The second kappa shape index (κ2) is 9.46. The van der Waals surface area contributed by atoms with E-state index in [-0.39, 0.29) is 17.7 Å². The average Bonchev–Trinajstić information content (AvgIpc) is 3.14. The molecule has 1 aliphatic heterocycles. The molecule has 0 radical (unpaired) electrons. The van der Waals surface area contributed by atoms with Crippen LogP contribution >= 0.6 is 11.8 Å². The molecule has 2 aromatic rings. The van der Waals surface area contributed by atoms with Crippen LogP contribution < -0.4 is 0 Å². The van der Waals surface area contributed by atoms with Crippen molar-refractivity contribution in [3.63, 3.8) is 0 Å². The Balaban J connectivity index is 1.85. The van der Waals surface area contributed by atoms with E-state index in [9.17, 15) is 9.59 Å². The van der Waals surface area contributed by atoms with Crippen molar-refractivity contribution >= 4 is 29.0 Å². The number of rotatable bonds is 8. The van der Waals surface area contributed by atoms with Crippen molar-refractivity contribution in [2.75, 3.05) is 20.3 Å². The molecule has 1 fully saturated rings. The monoisotopic (exact) mass is 412 g/mol. The topological polar surface area (TPSA) is 51.5 Å². The van der Waals surface area contributed by atoms with Crippen LogP contribution in [0, 0.1) is 13.8 Å². The number of amides is 2. The molecule has 29 heavy (non-hydrogen) atoms. The zero-order chi connectivity index (χ0) is 21.0. The predicted octanol–water partition coefficient (Wildman–Crippen LogP) is 5.12. The number of aryl methyl sites for hydroxylation is 2. The Labute approximate surface area is 176 Å². The van der Waals surface area contributed by atoms with Crippen LogP contribution in [0.15, 0.2) is 35.2 Å². The molecule has 154 valence electrons. The van der Waals surface area contributed by atoms with Crippen molar-refractivity contribution in [3.05, 3.63) is 57.8 Å². The first-order valence-electron chi connectivity index (χ1n) is 9.98. The first kappa shape index (κ1) is 21.4. The van der Waals surface area contributed by atoms with Gasteiger partial charge in [0.25, 0.3) is 11.1 Å². The summed E-state index contributed by atoms with van der Waals surface area (Å²) in [4.78, 5) is 26.4. The lowest BCUT2D eigenvalue weighted by atomic mass is 10.1. The Morgan fingerprint density at radius 3 is 2.52 bits per heavy atom. The molecule has 0 atom stereocenters. The van der Waals surface area contributed by atoms with Crippen molar-refractivity contribution in [2.45, 2.75) is 40.0 Å². The largest absolute Gasteiger partial charge is 0.383 e. The van der Waals surface area contributed by atoms with Crippen molar-refractivity contribution in [1.29, 1.82) is 0 Å². The lowest BCUT2D eigenvalue weighted by molar-refractivity contribution is -0.123. The quantitative estimate of drug-likeness (QED) is 0.565. The van der Waals surface area contributed by atoms with E-state index in [1.807, 2.05) is 13.0 Å². The van der Waals surface area contributed by atoms with Crippen molar-refractivity contribution in [2.24, 2.45) is 0 Å². The van der Waals surface area contributed by atoms with Crippen LogP contribution in [0.2, 0.25) is 0 Å². The number of nitrogens with zero attached hydrogens (tertiary/aromatic N) is 2. The number of hydrogen-bond acceptors (Lipinski definition) is 4. The number of ether oxygens (including phenoxy) is 1. The number of aromatic nitrogens is 1. The molecule has 2 amide bonds. The van der Waals surface area contributed by atoms with E-state index in [0.29, 0.717) is 11.5 Å². The van der Waals surface area contributed by atoms with Crippen molar-refractivity contribution in [1.82, 2.24) is 9.47 Å². The van der Waals surface area contributed by atoms with E-state index in [4.69, 9.17) is 4.74 Å². The number of hydrogen-bond donors (Lipinski definition) is 0. The van der Waals surface area contributed by atoms with Gasteiger partial charge in [-0.3, -0.25) is 14.5 Å². The standard InChI is InChI=1S/C23H28N2O3S/c1-5-6-7-18-8-10-20(11-9-18)25-16(2)14-19(17(25)3)15-21-22(26)24(12-13-28-4)23(27)29-21/h8-11,14-15H,5-7,12-13H2,1-4H3/b21-15+. The van der Waals surface area contributed by atoms with Gasteiger partial charge in [0.1, 0.15) is 0 Å². The number of benzene rings is 1. The normalized spacial score (nSPS) is 15.7. The maximum absolute atomic E-state index is 12.6. The molecule has 2 heterocycles. The molecule has 0 aliphatic carbocycles. The third-order valence-corrected chi connectivity index (χ3v) is 6.07. The summed E-state index contributed by atoms with van der Waals surface area (Å²) < 4.78 is 7.18. The van der Waals surface area contributed by atoms with Gasteiger partial charge in [0.2, 0.25) is 0 Å². The Kier molecular flexibility index (Phi) is 6.98. The second-order valence-electron chi connectivity index (χ2n) is 7.26. The van der Waals surface area contributed by atoms with E-state index < -0.39 is 0 Å². The third kappa shape index (κ3) is 4.65. The van der Waals surface area contributed by atoms with Crippen LogP contribution in [0.1, 0.15) is 42.3 Å². The first-order chi connectivity index (χ1) is 14.0. The summed E-state index contributed by atoms with van der Waals surface area (Å²) in [6.45, 7) is 6.92. The van der Waals surface area contributed by atoms with E-state index in [1.54, 1.807) is 7.11 Å². The summed E-state index contributed by atoms with van der Waals surface area (Å²) in [5.41, 5.74) is 5.55. The smallest absolute Gasteiger partial charge is 0.293 e. The van der Waals surface area contributed by atoms with Gasteiger partial charge >= 0.3 is 0 Å². The minimum absolute atomic E-state index is 0.241. The van der Waals surface area contributed by atoms with Gasteiger partial charge in [-0.15, -0.1) is 0 Å². The number of carbonyl (C=O) groups is 2. The molecule has 0 bridgehead atoms. The summed E-state index contributed by atoms with van der Waals surface area (Å²) in [7, 11) is 1.56. The van der Waals surface area contributed by atoms with Crippen LogP contribution in [0.4, 0.5) is 4.79 Å². The molecule has 3 rings (SSSR count). The van der Waals surface area contributed by atoms with Gasteiger partial charge in [0.05, 0.1) is 18.1 Å². The summed E-state index contributed by atoms with van der Waals surface area (Å²) in [6.07, 6.45) is 5.32. The fourth-order valence-corrected chi connectivity index (χ4v) is 4.40. The second-order valence-corrected chi connectivity index (χ2v) is 8.25. The van der Waals surface area contributed by atoms with E-state index in [1.165, 1.54) is 23.3 Å². The molecular weight excluding hydrogens is 384 g/mol. The summed E-state index contributed by atoms with van der Waals surface area (Å²) >= 11 is 0.990. The maximum atomic E-state index is 12.6. The van der Waals surface area contributed by atoms with Gasteiger partial charge in [-0.1, -0.05) is 25.5 Å². The SMILES string of the molecule is CCCCc1ccc(-n2c(C)cc(/C=C3/SC(=O)N(CCOC)C3=O)c2C)cc1. The molecular formula is C23H28N2O3S. The van der Waals surface area contributed by atoms with Crippen LogP contribution in [0.25, 0.3) is 11.8 Å². The van der Waals surface area contributed by atoms with E-state index >= 15 is 0 Å². The van der Waals surface area contributed by atoms with E-state index in [0.717, 1.165) is 40.8 Å². The van der Waals surface area contributed by atoms with Crippen molar-refractivity contribution in [3.8, 4) is 5.69 Å². The summed E-state index contributed by atoms with van der Waals surface area (Å²) in [5, 5.41) is -0.241. The molecule has 1 saturated heterocycles. The average molecular weight is 413 g/mol.